The van der Waals surface area contributed by atoms with E-state index >= 15 is 0 Å². The van der Waals surface area contributed by atoms with Gasteiger partial charge in [-0.25, -0.2) is 4.98 Å². The Hall–Kier alpha value is -2.24. The second-order valence-corrected chi connectivity index (χ2v) is 3.69. The van der Waals surface area contributed by atoms with Crippen molar-refractivity contribution < 1.29 is 4.74 Å². The number of H-pyrrole nitrogens is 1. The molecule has 0 fully saturated rings. The molecule has 1 aromatic carbocycles. The summed E-state index contributed by atoms with van der Waals surface area (Å²) in [7, 11) is 1.59. The first-order valence-electron chi connectivity index (χ1n) is 5.26. The van der Waals surface area contributed by atoms with E-state index in [4.69, 9.17) is 10.5 Å². The van der Waals surface area contributed by atoms with Crippen LogP contribution >= 0.6 is 0 Å². The van der Waals surface area contributed by atoms with E-state index in [1.54, 1.807) is 13.2 Å². The minimum absolute atomic E-state index is 0.0332. The number of aromatic amines is 1. The number of nitrogens with zero attached hydrogens (tertiary/aromatic N) is 2. The molecule has 0 bridgehead atoms. The average Bonchev–Trinajstić information content (AvgIpc) is 2.85. The smallest absolute Gasteiger partial charge is 0.146 e. The fraction of sp³-hybridized carbons (Fsp3) is 0.273. The van der Waals surface area contributed by atoms with Crippen LogP contribution in [0.2, 0.25) is 0 Å². The van der Waals surface area contributed by atoms with Gasteiger partial charge in [0.1, 0.15) is 17.9 Å². The number of ether oxygens (including phenoxy) is 1. The molecule has 0 spiro atoms. The number of nitrogens with one attached hydrogen (secondary N) is 2. The Labute approximate surface area is 99.2 Å². The number of nitrogen functional groups attached to an aromatic ring is 1. The SMILES string of the molecule is COc1cc(NC(C)c2ncn[nH]2)ccc1N. The lowest BCUT2D eigenvalue weighted by atomic mass is 10.2. The molecule has 1 unspecified atom stereocenters. The molecule has 2 aromatic rings. The number of benzene rings is 1. The Morgan fingerprint density at radius 2 is 2.29 bits per heavy atom. The zero-order valence-corrected chi connectivity index (χ0v) is 9.77. The van der Waals surface area contributed by atoms with Crippen LogP contribution in [0, 0.1) is 0 Å². The lowest BCUT2D eigenvalue weighted by Crippen LogP contribution is -2.08. The van der Waals surface area contributed by atoms with Crippen molar-refractivity contribution in [1.29, 1.82) is 0 Å². The van der Waals surface area contributed by atoms with Crippen LogP contribution in [0.15, 0.2) is 24.5 Å². The van der Waals surface area contributed by atoms with Gasteiger partial charge in [-0.3, -0.25) is 5.10 Å². The monoisotopic (exact) mass is 233 g/mol. The number of nitrogens with two attached hydrogens (primary N) is 1. The van der Waals surface area contributed by atoms with Crippen molar-refractivity contribution in [3.63, 3.8) is 0 Å². The van der Waals surface area contributed by atoms with Crippen LogP contribution in [0.3, 0.4) is 0 Å². The van der Waals surface area contributed by atoms with Gasteiger partial charge in [0, 0.05) is 11.8 Å². The number of hydrogen-bond donors (Lipinski definition) is 3. The van der Waals surface area contributed by atoms with Crippen LogP contribution in [0.1, 0.15) is 18.8 Å². The van der Waals surface area contributed by atoms with Gasteiger partial charge in [0.15, 0.2) is 0 Å². The summed E-state index contributed by atoms with van der Waals surface area (Å²) in [6.45, 7) is 1.99. The number of anilines is 2. The van der Waals surface area contributed by atoms with Crippen LogP contribution in [0.5, 0.6) is 5.75 Å². The van der Waals surface area contributed by atoms with E-state index < -0.39 is 0 Å². The molecule has 2 rings (SSSR count). The molecule has 1 heterocycles. The highest BCUT2D eigenvalue weighted by atomic mass is 16.5. The normalized spacial score (nSPS) is 12.1. The van der Waals surface area contributed by atoms with Gasteiger partial charge in [-0.2, -0.15) is 5.10 Å². The second-order valence-electron chi connectivity index (χ2n) is 3.69. The lowest BCUT2D eigenvalue weighted by molar-refractivity contribution is 0.417. The molecule has 0 saturated carbocycles. The summed E-state index contributed by atoms with van der Waals surface area (Å²) in [6.07, 6.45) is 1.48. The predicted molar refractivity (Wildman–Crippen MR) is 65.8 cm³/mol. The summed E-state index contributed by atoms with van der Waals surface area (Å²) < 4.78 is 5.16. The van der Waals surface area contributed by atoms with E-state index in [9.17, 15) is 0 Å². The van der Waals surface area contributed by atoms with Crippen LogP contribution in [0.25, 0.3) is 0 Å². The molecule has 17 heavy (non-hydrogen) atoms. The molecule has 6 heteroatoms. The molecule has 1 aromatic heterocycles. The van der Waals surface area contributed by atoms with Crippen molar-refractivity contribution in [1.82, 2.24) is 15.2 Å². The van der Waals surface area contributed by atoms with E-state index in [2.05, 4.69) is 20.5 Å². The highest BCUT2D eigenvalue weighted by molar-refractivity contribution is 5.61. The van der Waals surface area contributed by atoms with E-state index in [1.807, 2.05) is 19.1 Å². The third-order valence-electron chi connectivity index (χ3n) is 2.46. The summed E-state index contributed by atoms with van der Waals surface area (Å²) in [5.74, 6) is 1.43. The molecular weight excluding hydrogens is 218 g/mol. The number of hydrogen-bond acceptors (Lipinski definition) is 5. The van der Waals surface area contributed by atoms with Gasteiger partial charge in [-0.1, -0.05) is 0 Å². The van der Waals surface area contributed by atoms with Gasteiger partial charge >= 0.3 is 0 Å². The Morgan fingerprint density at radius 1 is 1.47 bits per heavy atom. The third-order valence-corrected chi connectivity index (χ3v) is 2.46. The Bertz CT molecular complexity index is 483. The minimum Gasteiger partial charge on any atom is -0.495 e. The maximum atomic E-state index is 5.74. The van der Waals surface area contributed by atoms with Gasteiger partial charge in [-0.15, -0.1) is 0 Å². The van der Waals surface area contributed by atoms with Crippen molar-refractivity contribution in [2.75, 3.05) is 18.2 Å². The first-order valence-corrected chi connectivity index (χ1v) is 5.26. The van der Waals surface area contributed by atoms with Crippen LogP contribution < -0.4 is 15.8 Å². The second kappa shape index (κ2) is 4.73. The fourth-order valence-corrected chi connectivity index (χ4v) is 1.54. The summed E-state index contributed by atoms with van der Waals surface area (Å²) in [5.41, 5.74) is 7.28. The molecule has 0 aliphatic rings. The summed E-state index contributed by atoms with van der Waals surface area (Å²) >= 11 is 0. The largest absolute Gasteiger partial charge is 0.495 e. The Balaban J connectivity index is 2.13. The predicted octanol–water partition coefficient (Wildman–Crippen LogP) is 1.57. The van der Waals surface area contributed by atoms with Crippen molar-refractivity contribution in [3.8, 4) is 5.75 Å². The Morgan fingerprint density at radius 3 is 2.94 bits per heavy atom. The van der Waals surface area contributed by atoms with Crippen molar-refractivity contribution in [3.05, 3.63) is 30.4 Å². The fourth-order valence-electron chi connectivity index (χ4n) is 1.54. The molecule has 0 aliphatic heterocycles. The zero-order chi connectivity index (χ0) is 12.3. The first-order chi connectivity index (χ1) is 8.20. The first kappa shape index (κ1) is 11.3. The van der Waals surface area contributed by atoms with E-state index in [0.29, 0.717) is 11.4 Å². The standard InChI is InChI=1S/C11H15N5O/c1-7(11-13-6-14-16-11)15-8-3-4-9(12)10(5-8)17-2/h3-7,15H,12H2,1-2H3,(H,13,14,16). The topological polar surface area (TPSA) is 88.8 Å². The van der Waals surface area contributed by atoms with Gasteiger partial charge in [-0.05, 0) is 19.1 Å². The number of rotatable bonds is 4. The van der Waals surface area contributed by atoms with Crippen LogP contribution in [-0.4, -0.2) is 22.3 Å². The highest BCUT2D eigenvalue weighted by Gasteiger charge is 2.09. The van der Waals surface area contributed by atoms with E-state index in [1.165, 1.54) is 6.33 Å². The van der Waals surface area contributed by atoms with Gasteiger partial charge in [0.25, 0.3) is 0 Å². The average molecular weight is 233 g/mol. The Kier molecular flexibility index (Phi) is 3.13. The van der Waals surface area contributed by atoms with Gasteiger partial charge in [0.2, 0.25) is 0 Å². The molecule has 90 valence electrons. The number of aromatic nitrogens is 3. The zero-order valence-electron chi connectivity index (χ0n) is 9.77. The maximum absolute atomic E-state index is 5.74. The molecule has 4 N–H and O–H groups in total. The summed E-state index contributed by atoms with van der Waals surface area (Å²) in [6, 6.07) is 5.58. The van der Waals surface area contributed by atoms with E-state index in [-0.39, 0.29) is 6.04 Å². The van der Waals surface area contributed by atoms with Crippen LogP contribution in [0.4, 0.5) is 11.4 Å². The molecule has 1 atom stereocenters. The van der Waals surface area contributed by atoms with Gasteiger partial charge in [0.05, 0.1) is 18.8 Å². The third kappa shape index (κ3) is 2.47. The lowest BCUT2D eigenvalue weighted by Gasteiger charge is -2.14. The van der Waals surface area contributed by atoms with Gasteiger partial charge < -0.3 is 15.8 Å². The van der Waals surface area contributed by atoms with Crippen molar-refractivity contribution in [2.45, 2.75) is 13.0 Å². The summed E-state index contributed by atoms with van der Waals surface area (Å²) in [5, 5.41) is 9.91. The maximum Gasteiger partial charge on any atom is 0.146 e. The molecule has 0 amide bonds. The van der Waals surface area contributed by atoms with Crippen LogP contribution in [-0.2, 0) is 0 Å². The quantitative estimate of drug-likeness (QED) is 0.697. The van der Waals surface area contributed by atoms with Crippen molar-refractivity contribution >= 4 is 11.4 Å². The minimum atomic E-state index is 0.0332. The molecular formula is C11H15N5O. The highest BCUT2D eigenvalue weighted by Crippen LogP contribution is 2.26. The molecule has 0 saturated heterocycles. The van der Waals surface area contributed by atoms with E-state index in [0.717, 1.165) is 11.5 Å². The summed E-state index contributed by atoms with van der Waals surface area (Å²) in [4.78, 5) is 4.09. The molecule has 0 aliphatic carbocycles. The number of methoxy groups -OCH3 is 1. The molecule has 6 nitrogen and oxygen atoms in total. The van der Waals surface area contributed by atoms with Crippen molar-refractivity contribution in [2.24, 2.45) is 0 Å². The molecule has 0 radical (unpaired) electrons.